The van der Waals surface area contributed by atoms with E-state index in [1.807, 2.05) is 71.6 Å². The smallest absolute Gasteiger partial charge is 0.239 e. The second-order valence-corrected chi connectivity index (χ2v) is 11.1. The lowest BCUT2D eigenvalue weighted by Gasteiger charge is -2.10. The quantitative estimate of drug-likeness (QED) is 0.149. The van der Waals surface area contributed by atoms with Crippen molar-refractivity contribution in [2.24, 2.45) is 9.98 Å². The van der Waals surface area contributed by atoms with Gasteiger partial charge in [0.1, 0.15) is 6.34 Å². The number of benzene rings is 6. The van der Waals surface area contributed by atoms with Gasteiger partial charge in [-0.05, 0) is 36.4 Å². The van der Waals surface area contributed by atoms with Crippen LogP contribution in [0.4, 0.5) is 0 Å². The monoisotopic (exact) mass is 578 g/mol. The van der Waals surface area contributed by atoms with E-state index in [4.69, 9.17) is 9.98 Å². The van der Waals surface area contributed by atoms with E-state index >= 15 is 0 Å². The molecule has 6 aromatic carbocycles. The van der Waals surface area contributed by atoms with E-state index in [0.717, 1.165) is 65.4 Å². The average molecular weight is 579 g/mol. The van der Waals surface area contributed by atoms with Gasteiger partial charge in [-0.1, -0.05) is 109 Å². The molecular weight excluding hydrogens is 552 g/mol. The molecule has 45 heavy (non-hydrogen) atoms. The summed E-state index contributed by atoms with van der Waals surface area (Å²) in [4.78, 5) is 10.2. The maximum Gasteiger partial charge on any atom is 0.239 e. The number of fused-ring (bicyclic) bond motifs is 9. The molecule has 0 unspecified atom stereocenters. The topological polar surface area (TPSA) is 63.4 Å². The number of aromatic nitrogens is 3. The van der Waals surface area contributed by atoms with Gasteiger partial charge >= 0.3 is 0 Å². The zero-order valence-electron chi connectivity index (χ0n) is 24.2. The van der Waals surface area contributed by atoms with Crippen LogP contribution < -0.4 is 0 Å². The molecule has 6 nitrogen and oxygen atoms in total. The Morgan fingerprint density at radius 2 is 0.733 bits per heavy atom. The van der Waals surface area contributed by atoms with Crippen molar-refractivity contribution in [3.8, 4) is 0 Å². The lowest BCUT2D eigenvalue weighted by Crippen LogP contribution is -2.16. The molecule has 1 N–H and O–H groups in total. The number of para-hydroxylation sites is 6. The third kappa shape index (κ3) is 3.79. The first-order chi connectivity index (χ1) is 22.3. The van der Waals surface area contributed by atoms with E-state index in [9.17, 15) is 5.41 Å². The normalized spacial score (nSPS) is 12.6. The molecule has 6 heteroatoms. The molecule has 0 bridgehead atoms. The lowest BCUT2D eigenvalue weighted by molar-refractivity contribution is 1.15. The molecule has 9 aromatic rings. The van der Waals surface area contributed by atoms with Crippen LogP contribution in [-0.4, -0.2) is 32.0 Å². The Morgan fingerprint density at radius 3 is 1.13 bits per heavy atom. The van der Waals surface area contributed by atoms with Gasteiger partial charge in [0.15, 0.2) is 0 Å². The summed E-state index contributed by atoms with van der Waals surface area (Å²) in [5.74, 6) is 0.491. The highest BCUT2D eigenvalue weighted by Gasteiger charge is 2.18. The molecule has 0 fully saturated rings. The van der Waals surface area contributed by atoms with Crippen molar-refractivity contribution in [2.75, 3.05) is 0 Å². The highest BCUT2D eigenvalue weighted by atomic mass is 15.3. The van der Waals surface area contributed by atoms with Gasteiger partial charge in [0.25, 0.3) is 0 Å². The zero-order chi connectivity index (χ0) is 29.9. The first kappa shape index (κ1) is 25.2. The highest BCUT2D eigenvalue weighted by Crippen LogP contribution is 2.32. The van der Waals surface area contributed by atoms with Gasteiger partial charge < -0.3 is 0 Å². The van der Waals surface area contributed by atoms with Crippen LogP contribution in [0.2, 0.25) is 0 Å². The molecule has 9 rings (SSSR count). The standard InChI is InChI=1S/C39H26N6/c40-38(44-34-21-9-3-15-28(34)29-16-4-10-22-35(29)44)42-39(45-36-23-11-5-17-30(36)31-18-6-12-24-37(31)45)41-25-43-32-19-7-1-13-26(32)27-14-2-8-20-33(27)43/h1-25,40H/b40-38?,41-25+,42-39+. The summed E-state index contributed by atoms with van der Waals surface area (Å²) in [6, 6.07) is 49.7. The molecule has 0 atom stereocenters. The van der Waals surface area contributed by atoms with Crippen molar-refractivity contribution in [2.45, 2.75) is 0 Å². The maximum absolute atomic E-state index is 9.46. The van der Waals surface area contributed by atoms with Crippen LogP contribution >= 0.6 is 0 Å². The van der Waals surface area contributed by atoms with Crippen LogP contribution in [0, 0.1) is 5.41 Å². The highest BCUT2D eigenvalue weighted by molar-refractivity contribution is 6.19. The fourth-order valence-corrected chi connectivity index (χ4v) is 6.76. The molecule has 0 aliphatic carbocycles. The molecule has 0 aliphatic heterocycles. The first-order valence-electron chi connectivity index (χ1n) is 14.9. The van der Waals surface area contributed by atoms with Crippen LogP contribution in [0.3, 0.4) is 0 Å². The van der Waals surface area contributed by atoms with Crippen LogP contribution in [0.25, 0.3) is 65.4 Å². The minimum absolute atomic E-state index is 0.0867. The molecule has 3 heterocycles. The lowest BCUT2D eigenvalue weighted by atomic mass is 10.2. The van der Waals surface area contributed by atoms with Crippen molar-refractivity contribution in [1.82, 2.24) is 13.7 Å². The van der Waals surface area contributed by atoms with E-state index in [-0.39, 0.29) is 5.96 Å². The summed E-state index contributed by atoms with van der Waals surface area (Å²) >= 11 is 0. The maximum atomic E-state index is 9.46. The second kappa shape index (κ2) is 9.89. The zero-order valence-corrected chi connectivity index (χ0v) is 24.2. The molecule has 0 saturated heterocycles. The van der Waals surface area contributed by atoms with Crippen molar-refractivity contribution in [3.05, 3.63) is 146 Å². The Labute approximate surface area is 257 Å². The summed E-state index contributed by atoms with van der Waals surface area (Å²) in [6.45, 7) is 0. The number of aliphatic imine (C=N–C) groups is 2. The summed E-state index contributed by atoms with van der Waals surface area (Å²) in [6.07, 6.45) is 1.84. The van der Waals surface area contributed by atoms with E-state index in [1.165, 1.54) is 0 Å². The van der Waals surface area contributed by atoms with Crippen molar-refractivity contribution in [3.63, 3.8) is 0 Å². The van der Waals surface area contributed by atoms with Gasteiger partial charge in [0.05, 0.1) is 33.1 Å². The number of nitrogens with one attached hydrogen (secondary N) is 1. The molecule has 0 saturated carbocycles. The number of hydrogen-bond donors (Lipinski definition) is 1. The largest absolute Gasteiger partial charge is 0.300 e. The fraction of sp³-hybridized carbons (Fsp3) is 0. The fourth-order valence-electron chi connectivity index (χ4n) is 6.76. The second-order valence-electron chi connectivity index (χ2n) is 11.1. The van der Waals surface area contributed by atoms with E-state index in [1.54, 1.807) is 0 Å². The Balaban J connectivity index is 1.33. The van der Waals surface area contributed by atoms with Crippen LogP contribution in [0.5, 0.6) is 0 Å². The number of rotatable bonds is 1. The van der Waals surface area contributed by atoms with Crippen molar-refractivity contribution in [1.29, 1.82) is 5.41 Å². The predicted molar refractivity (Wildman–Crippen MR) is 188 cm³/mol. The molecule has 0 aliphatic rings. The Kier molecular flexibility index (Phi) is 5.55. The van der Waals surface area contributed by atoms with E-state index in [2.05, 4.69) is 94.1 Å². The minimum atomic E-state index is 0.0867. The van der Waals surface area contributed by atoms with Gasteiger partial charge in [0.2, 0.25) is 11.9 Å². The van der Waals surface area contributed by atoms with Gasteiger partial charge in [-0.15, -0.1) is 0 Å². The van der Waals surface area contributed by atoms with Gasteiger partial charge in [-0.3, -0.25) is 19.1 Å². The minimum Gasteiger partial charge on any atom is -0.300 e. The van der Waals surface area contributed by atoms with Crippen LogP contribution in [0.1, 0.15) is 0 Å². The summed E-state index contributed by atoms with van der Waals surface area (Å²) in [7, 11) is 0. The van der Waals surface area contributed by atoms with E-state index in [0.29, 0.717) is 5.96 Å². The van der Waals surface area contributed by atoms with Gasteiger partial charge in [-0.25, -0.2) is 4.99 Å². The Morgan fingerprint density at radius 1 is 0.422 bits per heavy atom. The third-order valence-electron chi connectivity index (χ3n) is 8.68. The van der Waals surface area contributed by atoms with E-state index < -0.39 is 0 Å². The predicted octanol–water partition coefficient (Wildman–Crippen LogP) is 9.27. The van der Waals surface area contributed by atoms with Crippen molar-refractivity contribution < 1.29 is 0 Å². The van der Waals surface area contributed by atoms with Crippen LogP contribution in [-0.2, 0) is 0 Å². The molecule has 3 aromatic heterocycles. The molecule has 0 radical (unpaired) electrons. The van der Waals surface area contributed by atoms with Gasteiger partial charge in [-0.2, -0.15) is 4.99 Å². The summed E-state index contributed by atoms with van der Waals surface area (Å²) in [5.41, 5.74) is 5.93. The molecule has 212 valence electrons. The number of hydrogen-bond acceptors (Lipinski definition) is 1. The van der Waals surface area contributed by atoms with Crippen molar-refractivity contribution >= 4 is 83.7 Å². The molecule has 0 amide bonds. The average Bonchev–Trinajstić information content (AvgIpc) is 3.73. The summed E-state index contributed by atoms with van der Waals surface area (Å²) < 4.78 is 6.09. The summed E-state index contributed by atoms with van der Waals surface area (Å²) in [5, 5.41) is 16.2. The van der Waals surface area contributed by atoms with Gasteiger partial charge in [0, 0.05) is 32.3 Å². The molecular formula is C39H26N6. The SMILES string of the molecule is N=C(/N=C(\N=C\n1c2ccccc2c2ccccc21)n1c2ccccc2c2ccccc21)n1c2ccccc2c2ccccc21. The van der Waals surface area contributed by atoms with Crippen LogP contribution in [0.15, 0.2) is 156 Å². The Bertz CT molecular complexity index is 2520. The number of nitrogens with zero attached hydrogens (tertiary/aromatic N) is 5. The first-order valence-corrected chi connectivity index (χ1v) is 14.9. The third-order valence-corrected chi connectivity index (χ3v) is 8.68. The molecule has 0 spiro atoms. The Hall–Kier alpha value is -6.27.